The van der Waals surface area contributed by atoms with E-state index in [1.165, 1.54) is 12.8 Å². The standard InChI is InChI=1S/C14H25NO2/c1-3-9-15-13(12-6-5-10-17-12)14(16-4-2)11-7-8-11/h6,11,13-15H,3-5,7-10H2,1-2H3. The second-order valence-corrected chi connectivity index (χ2v) is 4.93. The zero-order valence-electron chi connectivity index (χ0n) is 11.1. The highest BCUT2D eigenvalue weighted by Gasteiger charge is 2.39. The molecular weight excluding hydrogens is 214 g/mol. The van der Waals surface area contributed by atoms with E-state index in [9.17, 15) is 0 Å². The van der Waals surface area contributed by atoms with Gasteiger partial charge in [-0.05, 0) is 44.7 Å². The van der Waals surface area contributed by atoms with E-state index in [0.717, 1.165) is 44.3 Å². The number of rotatable bonds is 8. The Labute approximate surface area is 105 Å². The average molecular weight is 239 g/mol. The Kier molecular flexibility index (Phi) is 4.86. The molecule has 2 rings (SSSR count). The molecule has 0 spiro atoms. The summed E-state index contributed by atoms with van der Waals surface area (Å²) in [6, 6.07) is 0.268. The monoisotopic (exact) mass is 239 g/mol. The molecule has 1 heterocycles. The molecule has 0 amide bonds. The smallest absolute Gasteiger partial charge is 0.112 e. The molecule has 3 heteroatoms. The Balaban J connectivity index is 2.00. The summed E-state index contributed by atoms with van der Waals surface area (Å²) in [7, 11) is 0. The lowest BCUT2D eigenvalue weighted by Gasteiger charge is -2.28. The van der Waals surface area contributed by atoms with Gasteiger partial charge in [-0.1, -0.05) is 6.92 Å². The van der Waals surface area contributed by atoms with Crippen molar-refractivity contribution >= 4 is 0 Å². The second-order valence-electron chi connectivity index (χ2n) is 4.93. The van der Waals surface area contributed by atoms with Crippen molar-refractivity contribution in [2.75, 3.05) is 19.8 Å². The van der Waals surface area contributed by atoms with Crippen LogP contribution in [0.3, 0.4) is 0 Å². The minimum atomic E-state index is 0.268. The first-order valence-corrected chi connectivity index (χ1v) is 7.04. The number of ether oxygens (including phenoxy) is 2. The Bertz CT molecular complexity index is 261. The number of hydrogen-bond acceptors (Lipinski definition) is 3. The first-order valence-electron chi connectivity index (χ1n) is 7.04. The van der Waals surface area contributed by atoms with Gasteiger partial charge in [-0.2, -0.15) is 0 Å². The Hall–Kier alpha value is -0.540. The van der Waals surface area contributed by atoms with Gasteiger partial charge in [-0.3, -0.25) is 0 Å². The zero-order chi connectivity index (χ0) is 12.1. The van der Waals surface area contributed by atoms with Gasteiger partial charge in [-0.25, -0.2) is 0 Å². The lowest BCUT2D eigenvalue weighted by Crippen LogP contribution is -2.44. The van der Waals surface area contributed by atoms with Crippen molar-refractivity contribution in [1.29, 1.82) is 0 Å². The van der Waals surface area contributed by atoms with Crippen molar-refractivity contribution in [3.63, 3.8) is 0 Å². The van der Waals surface area contributed by atoms with Crippen LogP contribution in [-0.2, 0) is 9.47 Å². The third kappa shape index (κ3) is 3.46. The van der Waals surface area contributed by atoms with E-state index in [-0.39, 0.29) is 6.04 Å². The van der Waals surface area contributed by atoms with Crippen LogP contribution in [0.5, 0.6) is 0 Å². The third-order valence-corrected chi connectivity index (χ3v) is 3.43. The summed E-state index contributed by atoms with van der Waals surface area (Å²) in [5.41, 5.74) is 0. The molecule has 0 bridgehead atoms. The highest BCUT2D eigenvalue weighted by molar-refractivity contribution is 5.12. The van der Waals surface area contributed by atoms with E-state index in [4.69, 9.17) is 9.47 Å². The molecule has 0 saturated heterocycles. The molecule has 17 heavy (non-hydrogen) atoms. The molecule has 2 aliphatic rings. The van der Waals surface area contributed by atoms with Gasteiger partial charge in [0.2, 0.25) is 0 Å². The molecule has 1 saturated carbocycles. The van der Waals surface area contributed by atoms with Gasteiger partial charge in [0.05, 0.1) is 18.8 Å². The molecule has 1 aliphatic carbocycles. The minimum absolute atomic E-state index is 0.268. The van der Waals surface area contributed by atoms with Crippen LogP contribution >= 0.6 is 0 Å². The topological polar surface area (TPSA) is 30.5 Å². The van der Waals surface area contributed by atoms with Crippen LogP contribution in [0.1, 0.15) is 39.5 Å². The van der Waals surface area contributed by atoms with Gasteiger partial charge in [0, 0.05) is 13.0 Å². The Morgan fingerprint density at radius 1 is 1.47 bits per heavy atom. The van der Waals surface area contributed by atoms with Crippen LogP contribution in [0.25, 0.3) is 0 Å². The van der Waals surface area contributed by atoms with E-state index in [0.29, 0.717) is 6.10 Å². The van der Waals surface area contributed by atoms with Crippen LogP contribution in [0, 0.1) is 5.92 Å². The predicted octanol–water partition coefficient (Wildman–Crippen LogP) is 2.47. The lowest BCUT2D eigenvalue weighted by molar-refractivity contribution is 0.0143. The van der Waals surface area contributed by atoms with Gasteiger partial charge in [-0.15, -0.1) is 0 Å². The van der Waals surface area contributed by atoms with Gasteiger partial charge < -0.3 is 14.8 Å². The summed E-state index contributed by atoms with van der Waals surface area (Å²) in [6.45, 7) is 6.93. The maximum atomic E-state index is 5.95. The summed E-state index contributed by atoms with van der Waals surface area (Å²) in [6.07, 6.45) is 7.33. The Morgan fingerprint density at radius 3 is 2.82 bits per heavy atom. The maximum absolute atomic E-state index is 5.95. The van der Waals surface area contributed by atoms with Crippen LogP contribution in [0.15, 0.2) is 11.8 Å². The van der Waals surface area contributed by atoms with Gasteiger partial charge >= 0.3 is 0 Å². The molecular formula is C14H25NO2. The van der Waals surface area contributed by atoms with Crippen molar-refractivity contribution < 1.29 is 9.47 Å². The fraction of sp³-hybridized carbons (Fsp3) is 0.857. The summed E-state index contributed by atoms with van der Waals surface area (Å²) >= 11 is 0. The molecule has 1 fully saturated rings. The summed E-state index contributed by atoms with van der Waals surface area (Å²) in [5.74, 6) is 1.85. The van der Waals surface area contributed by atoms with Crippen LogP contribution in [0.4, 0.5) is 0 Å². The van der Waals surface area contributed by atoms with E-state index in [2.05, 4.69) is 25.2 Å². The van der Waals surface area contributed by atoms with Crippen molar-refractivity contribution in [2.45, 2.75) is 51.7 Å². The highest BCUT2D eigenvalue weighted by atomic mass is 16.5. The van der Waals surface area contributed by atoms with Crippen molar-refractivity contribution in [1.82, 2.24) is 5.32 Å². The normalized spacial score (nSPS) is 23.1. The van der Waals surface area contributed by atoms with Gasteiger partial charge in [0.15, 0.2) is 0 Å². The largest absolute Gasteiger partial charge is 0.496 e. The van der Waals surface area contributed by atoms with E-state index in [1.54, 1.807) is 0 Å². The third-order valence-electron chi connectivity index (χ3n) is 3.43. The minimum Gasteiger partial charge on any atom is -0.496 e. The number of hydrogen-bond donors (Lipinski definition) is 1. The predicted molar refractivity (Wildman–Crippen MR) is 68.9 cm³/mol. The quantitative estimate of drug-likeness (QED) is 0.706. The van der Waals surface area contributed by atoms with Crippen molar-refractivity contribution in [2.24, 2.45) is 5.92 Å². The molecule has 0 aromatic carbocycles. The maximum Gasteiger partial charge on any atom is 0.112 e. The molecule has 0 radical (unpaired) electrons. The SMILES string of the molecule is CCCNC(C1=CCCO1)C(OCC)C1CC1. The van der Waals surface area contributed by atoms with Crippen molar-refractivity contribution in [3.8, 4) is 0 Å². The zero-order valence-corrected chi connectivity index (χ0v) is 11.1. The van der Waals surface area contributed by atoms with Crippen LogP contribution in [-0.4, -0.2) is 31.9 Å². The molecule has 3 nitrogen and oxygen atoms in total. The van der Waals surface area contributed by atoms with Crippen LogP contribution in [0.2, 0.25) is 0 Å². The van der Waals surface area contributed by atoms with Gasteiger partial charge in [0.1, 0.15) is 5.76 Å². The summed E-state index contributed by atoms with van der Waals surface area (Å²) < 4.78 is 11.7. The molecule has 98 valence electrons. The molecule has 0 aromatic rings. The van der Waals surface area contributed by atoms with E-state index < -0.39 is 0 Å². The molecule has 2 unspecified atom stereocenters. The summed E-state index contributed by atoms with van der Waals surface area (Å²) in [4.78, 5) is 0. The van der Waals surface area contributed by atoms with Crippen LogP contribution < -0.4 is 5.32 Å². The lowest BCUT2D eigenvalue weighted by atomic mass is 10.0. The molecule has 1 aliphatic heterocycles. The fourth-order valence-corrected chi connectivity index (χ4v) is 2.45. The fourth-order valence-electron chi connectivity index (χ4n) is 2.45. The highest BCUT2D eigenvalue weighted by Crippen LogP contribution is 2.38. The van der Waals surface area contributed by atoms with Gasteiger partial charge in [0.25, 0.3) is 0 Å². The molecule has 2 atom stereocenters. The average Bonchev–Trinajstić information content (AvgIpc) is 3.04. The Morgan fingerprint density at radius 2 is 2.29 bits per heavy atom. The first kappa shape index (κ1) is 12.9. The molecule has 0 aromatic heterocycles. The summed E-state index contributed by atoms with van der Waals surface area (Å²) in [5, 5.41) is 3.60. The van der Waals surface area contributed by atoms with E-state index >= 15 is 0 Å². The number of nitrogens with one attached hydrogen (secondary N) is 1. The second kappa shape index (κ2) is 6.41. The van der Waals surface area contributed by atoms with Crippen molar-refractivity contribution in [3.05, 3.63) is 11.8 Å². The molecule has 1 N–H and O–H groups in total. The first-order chi connectivity index (χ1) is 8.36. The van der Waals surface area contributed by atoms with E-state index in [1.807, 2.05) is 0 Å².